The molecule has 8 heteroatoms. The normalized spacial score (nSPS) is 18.1. The molecule has 7 nitrogen and oxygen atoms in total. The van der Waals surface area contributed by atoms with Gasteiger partial charge in [-0.15, -0.1) is 0 Å². The molecule has 0 aromatic heterocycles. The van der Waals surface area contributed by atoms with E-state index in [-0.39, 0.29) is 17.9 Å². The zero-order valence-electron chi connectivity index (χ0n) is 18.7. The van der Waals surface area contributed by atoms with Crippen LogP contribution in [0.5, 0.6) is 0 Å². The molecule has 1 heterocycles. The van der Waals surface area contributed by atoms with Crippen molar-refractivity contribution in [2.75, 3.05) is 5.32 Å². The van der Waals surface area contributed by atoms with E-state index in [0.29, 0.717) is 25.4 Å². The van der Waals surface area contributed by atoms with Gasteiger partial charge in [-0.3, -0.25) is 15.1 Å². The van der Waals surface area contributed by atoms with E-state index in [1.807, 2.05) is 55.5 Å². The fraction of sp³-hybridized carbons (Fsp3) is 0.375. The quantitative estimate of drug-likeness (QED) is 0.287. The minimum Gasteiger partial charge on any atom is -0.342 e. The number of amides is 3. The Morgan fingerprint density at radius 3 is 2.47 bits per heavy atom. The molecule has 1 aliphatic heterocycles. The van der Waals surface area contributed by atoms with Crippen molar-refractivity contribution in [3.05, 3.63) is 65.2 Å². The molecule has 32 heavy (non-hydrogen) atoms. The SMILES string of the molecule is CC(C)CC1(C)NC(=N)N(Cc2ccc(CNC(=O)Nc3ccccc3CI)cc2)C1=O. The van der Waals surface area contributed by atoms with E-state index in [1.54, 1.807) is 0 Å². The third-order valence-corrected chi connectivity index (χ3v) is 6.25. The third-order valence-electron chi connectivity index (χ3n) is 5.42. The van der Waals surface area contributed by atoms with E-state index < -0.39 is 5.54 Å². The monoisotopic (exact) mass is 547 g/mol. The minimum absolute atomic E-state index is 0.0644. The summed E-state index contributed by atoms with van der Waals surface area (Å²) in [6, 6.07) is 15.2. The molecular formula is C24H30IN5O2. The molecule has 0 saturated carbocycles. The Morgan fingerprint density at radius 1 is 1.16 bits per heavy atom. The van der Waals surface area contributed by atoms with Crippen LogP contribution in [0, 0.1) is 11.3 Å². The van der Waals surface area contributed by atoms with Gasteiger partial charge in [0, 0.05) is 16.7 Å². The van der Waals surface area contributed by atoms with Crippen LogP contribution in [0.3, 0.4) is 0 Å². The van der Waals surface area contributed by atoms with Crippen LogP contribution in [0.25, 0.3) is 0 Å². The van der Waals surface area contributed by atoms with Gasteiger partial charge in [0.1, 0.15) is 5.54 Å². The fourth-order valence-corrected chi connectivity index (χ4v) is 4.61. The van der Waals surface area contributed by atoms with Gasteiger partial charge in [-0.2, -0.15) is 0 Å². The van der Waals surface area contributed by atoms with Crippen LogP contribution >= 0.6 is 22.6 Å². The number of hydrogen-bond acceptors (Lipinski definition) is 3. The Labute approximate surface area is 203 Å². The summed E-state index contributed by atoms with van der Waals surface area (Å²) >= 11 is 2.27. The van der Waals surface area contributed by atoms with Gasteiger partial charge in [0.2, 0.25) is 0 Å². The van der Waals surface area contributed by atoms with Crippen molar-refractivity contribution in [1.29, 1.82) is 5.41 Å². The molecule has 1 fully saturated rings. The van der Waals surface area contributed by atoms with Crippen LogP contribution < -0.4 is 16.0 Å². The maximum atomic E-state index is 12.9. The van der Waals surface area contributed by atoms with Crippen molar-refractivity contribution in [3.8, 4) is 0 Å². The van der Waals surface area contributed by atoms with Crippen LogP contribution in [-0.4, -0.2) is 28.3 Å². The first kappa shape index (κ1) is 24.0. The zero-order chi connectivity index (χ0) is 23.3. The number of anilines is 1. The number of urea groups is 1. The van der Waals surface area contributed by atoms with Crippen LogP contribution in [0.1, 0.15) is 43.9 Å². The summed E-state index contributed by atoms with van der Waals surface area (Å²) in [5, 5.41) is 17.0. The van der Waals surface area contributed by atoms with Gasteiger partial charge in [0.25, 0.3) is 5.91 Å². The lowest BCUT2D eigenvalue weighted by Gasteiger charge is -2.24. The largest absolute Gasteiger partial charge is 0.342 e. The van der Waals surface area contributed by atoms with Crippen molar-refractivity contribution < 1.29 is 9.59 Å². The molecule has 0 spiro atoms. The Morgan fingerprint density at radius 2 is 1.81 bits per heavy atom. The molecule has 4 N–H and O–H groups in total. The highest BCUT2D eigenvalue weighted by atomic mass is 127. The number of hydrogen-bond donors (Lipinski definition) is 4. The topological polar surface area (TPSA) is 97.3 Å². The average molecular weight is 547 g/mol. The van der Waals surface area contributed by atoms with E-state index in [2.05, 4.69) is 52.4 Å². The molecule has 2 aromatic rings. The van der Waals surface area contributed by atoms with E-state index >= 15 is 0 Å². The highest BCUT2D eigenvalue weighted by Gasteiger charge is 2.45. The molecular weight excluding hydrogens is 517 g/mol. The highest BCUT2D eigenvalue weighted by Crippen LogP contribution is 2.26. The first-order valence-electron chi connectivity index (χ1n) is 10.7. The summed E-state index contributed by atoms with van der Waals surface area (Å²) in [5.74, 6) is 0.431. The van der Waals surface area contributed by atoms with Crippen molar-refractivity contribution >= 4 is 46.2 Å². The first-order valence-corrected chi connectivity index (χ1v) is 12.2. The van der Waals surface area contributed by atoms with Crippen LogP contribution in [0.4, 0.5) is 10.5 Å². The molecule has 0 radical (unpaired) electrons. The zero-order valence-corrected chi connectivity index (χ0v) is 20.8. The van der Waals surface area contributed by atoms with Crippen molar-refractivity contribution in [2.45, 2.75) is 50.2 Å². The molecule has 1 aliphatic rings. The lowest BCUT2D eigenvalue weighted by Crippen LogP contribution is -2.44. The van der Waals surface area contributed by atoms with Crippen molar-refractivity contribution in [2.24, 2.45) is 5.92 Å². The number of rotatable bonds is 8. The second kappa shape index (κ2) is 10.3. The number of alkyl halides is 1. The van der Waals surface area contributed by atoms with Crippen molar-refractivity contribution in [3.63, 3.8) is 0 Å². The predicted molar refractivity (Wildman–Crippen MR) is 136 cm³/mol. The minimum atomic E-state index is -0.724. The smallest absolute Gasteiger partial charge is 0.319 e. The molecule has 3 amide bonds. The van der Waals surface area contributed by atoms with Crippen LogP contribution in [0.2, 0.25) is 0 Å². The van der Waals surface area contributed by atoms with Gasteiger partial charge in [0.15, 0.2) is 5.96 Å². The summed E-state index contributed by atoms with van der Waals surface area (Å²) in [4.78, 5) is 26.6. The maximum Gasteiger partial charge on any atom is 0.319 e. The number of carbonyl (C=O) groups is 2. The number of guanidine groups is 1. The maximum absolute atomic E-state index is 12.9. The summed E-state index contributed by atoms with van der Waals surface area (Å²) in [6.45, 7) is 6.75. The van der Waals surface area contributed by atoms with E-state index in [4.69, 9.17) is 5.41 Å². The summed E-state index contributed by atoms with van der Waals surface area (Å²) in [6.07, 6.45) is 0.680. The van der Waals surface area contributed by atoms with Gasteiger partial charge >= 0.3 is 6.03 Å². The second-order valence-corrected chi connectivity index (χ2v) is 9.47. The number of nitrogens with zero attached hydrogens (tertiary/aromatic N) is 1. The van der Waals surface area contributed by atoms with E-state index in [9.17, 15) is 9.59 Å². The summed E-state index contributed by atoms with van der Waals surface area (Å²) in [7, 11) is 0. The Hall–Kier alpha value is -2.62. The standard InChI is InChI=1S/C24H30IN5O2/c1-16(2)12-24(3)21(31)30(22(26)29-24)15-18-10-8-17(9-11-18)14-27-23(32)28-20-7-5-4-6-19(20)13-25/h4-11,16H,12-15H2,1-3H3,(H2,26,29)(H2,27,28,32). The van der Waals surface area contributed by atoms with Gasteiger partial charge in [-0.05, 0) is 42.0 Å². The number of carbonyl (C=O) groups excluding carboxylic acids is 2. The van der Waals surface area contributed by atoms with Crippen LogP contribution in [-0.2, 0) is 22.3 Å². The Bertz CT molecular complexity index is 992. The number of para-hydroxylation sites is 1. The highest BCUT2D eigenvalue weighted by molar-refractivity contribution is 14.1. The number of nitrogens with one attached hydrogen (secondary N) is 4. The third kappa shape index (κ3) is 5.79. The van der Waals surface area contributed by atoms with Gasteiger partial charge in [-0.25, -0.2) is 4.79 Å². The van der Waals surface area contributed by atoms with Gasteiger partial charge in [-0.1, -0.05) is 78.9 Å². The lowest BCUT2D eigenvalue weighted by molar-refractivity contribution is -0.131. The molecule has 170 valence electrons. The summed E-state index contributed by atoms with van der Waals surface area (Å²) < 4.78 is 0.818. The lowest BCUT2D eigenvalue weighted by atomic mass is 9.91. The second-order valence-electron chi connectivity index (χ2n) is 8.71. The molecule has 3 rings (SSSR count). The van der Waals surface area contributed by atoms with E-state index in [0.717, 1.165) is 26.8 Å². The van der Waals surface area contributed by atoms with Gasteiger partial charge < -0.3 is 16.0 Å². The number of benzene rings is 2. The predicted octanol–water partition coefficient (Wildman–Crippen LogP) is 4.61. The molecule has 0 bridgehead atoms. The molecule has 0 aliphatic carbocycles. The average Bonchev–Trinajstić information content (AvgIpc) is 2.95. The molecule has 2 aromatic carbocycles. The van der Waals surface area contributed by atoms with Crippen molar-refractivity contribution in [1.82, 2.24) is 15.5 Å². The van der Waals surface area contributed by atoms with E-state index in [1.165, 1.54) is 4.90 Å². The van der Waals surface area contributed by atoms with Gasteiger partial charge in [0.05, 0.1) is 6.54 Å². The molecule has 1 unspecified atom stereocenters. The fourth-order valence-electron chi connectivity index (χ4n) is 3.94. The first-order chi connectivity index (χ1) is 15.2. The molecule has 1 atom stereocenters. The Kier molecular flexibility index (Phi) is 7.76. The summed E-state index contributed by atoms with van der Waals surface area (Å²) in [5.41, 5.74) is 3.05. The number of halogens is 1. The molecule has 1 saturated heterocycles. The Balaban J connectivity index is 1.54. The van der Waals surface area contributed by atoms with Crippen LogP contribution in [0.15, 0.2) is 48.5 Å².